The van der Waals surface area contributed by atoms with Crippen molar-refractivity contribution in [2.75, 3.05) is 31.9 Å². The van der Waals surface area contributed by atoms with Crippen molar-refractivity contribution in [3.05, 3.63) is 26.6 Å². The SMILES string of the molecule is O=C(CCSCc1nc2sc3c(c2c(=O)[nH]1)CCCC3)N1CCNCC1. The van der Waals surface area contributed by atoms with Gasteiger partial charge in [0, 0.05) is 43.2 Å². The molecule has 140 valence electrons. The van der Waals surface area contributed by atoms with E-state index in [9.17, 15) is 9.59 Å². The Bertz CT molecular complexity index is 855. The minimum atomic E-state index is 0.00175. The number of thioether (sulfide) groups is 1. The van der Waals surface area contributed by atoms with E-state index in [1.165, 1.54) is 16.9 Å². The number of hydrogen-bond acceptors (Lipinski definition) is 6. The molecule has 1 amide bonds. The zero-order valence-corrected chi connectivity index (χ0v) is 16.4. The number of nitrogens with zero attached hydrogens (tertiary/aromatic N) is 2. The first-order valence-electron chi connectivity index (χ1n) is 9.32. The number of amides is 1. The van der Waals surface area contributed by atoms with Crippen molar-refractivity contribution in [3.8, 4) is 0 Å². The molecule has 4 rings (SSSR count). The predicted octanol–water partition coefficient (Wildman–Crippen LogP) is 1.92. The molecule has 8 heteroatoms. The van der Waals surface area contributed by atoms with Gasteiger partial charge in [0.05, 0.1) is 11.1 Å². The maximum Gasteiger partial charge on any atom is 0.259 e. The minimum absolute atomic E-state index is 0.00175. The molecule has 6 nitrogen and oxygen atoms in total. The second kappa shape index (κ2) is 8.10. The first-order chi connectivity index (χ1) is 12.7. The molecule has 26 heavy (non-hydrogen) atoms. The van der Waals surface area contributed by atoms with Gasteiger partial charge in [0.2, 0.25) is 5.91 Å². The average Bonchev–Trinajstić information content (AvgIpc) is 3.04. The van der Waals surface area contributed by atoms with Gasteiger partial charge in [-0.05, 0) is 31.2 Å². The molecule has 2 aromatic rings. The van der Waals surface area contributed by atoms with Crippen LogP contribution in [0.15, 0.2) is 4.79 Å². The third-order valence-electron chi connectivity index (χ3n) is 5.04. The molecule has 1 aliphatic heterocycles. The summed E-state index contributed by atoms with van der Waals surface area (Å²) >= 11 is 3.34. The highest BCUT2D eigenvalue weighted by atomic mass is 32.2. The highest BCUT2D eigenvalue weighted by Gasteiger charge is 2.20. The van der Waals surface area contributed by atoms with Crippen LogP contribution in [0, 0.1) is 0 Å². The molecule has 0 spiro atoms. The van der Waals surface area contributed by atoms with Gasteiger partial charge in [-0.2, -0.15) is 11.8 Å². The van der Waals surface area contributed by atoms with Crippen molar-refractivity contribution in [3.63, 3.8) is 0 Å². The average molecular weight is 393 g/mol. The number of aromatic nitrogens is 2. The number of aromatic amines is 1. The molecule has 0 unspecified atom stereocenters. The molecule has 0 bridgehead atoms. The first kappa shape index (κ1) is 18.0. The molecule has 0 aromatic carbocycles. The third kappa shape index (κ3) is 3.82. The lowest BCUT2D eigenvalue weighted by molar-refractivity contribution is -0.131. The van der Waals surface area contributed by atoms with Crippen LogP contribution in [0.2, 0.25) is 0 Å². The molecule has 3 heterocycles. The number of aryl methyl sites for hydroxylation is 2. The zero-order valence-electron chi connectivity index (χ0n) is 14.8. The Kier molecular flexibility index (Phi) is 5.61. The van der Waals surface area contributed by atoms with Crippen molar-refractivity contribution in [2.45, 2.75) is 37.9 Å². The Morgan fingerprint density at radius 3 is 2.88 bits per heavy atom. The first-order valence-corrected chi connectivity index (χ1v) is 11.3. The van der Waals surface area contributed by atoms with Crippen molar-refractivity contribution in [2.24, 2.45) is 0 Å². The van der Waals surface area contributed by atoms with E-state index in [1.54, 1.807) is 23.1 Å². The number of hydrogen-bond donors (Lipinski definition) is 2. The van der Waals surface area contributed by atoms with Crippen molar-refractivity contribution in [1.82, 2.24) is 20.2 Å². The van der Waals surface area contributed by atoms with E-state index in [0.717, 1.165) is 67.2 Å². The van der Waals surface area contributed by atoms with Crippen LogP contribution in [0.3, 0.4) is 0 Å². The second-order valence-corrected chi connectivity index (χ2v) is 9.03. The van der Waals surface area contributed by atoms with E-state index in [1.807, 2.05) is 4.90 Å². The van der Waals surface area contributed by atoms with Crippen molar-refractivity contribution in [1.29, 1.82) is 0 Å². The Hall–Kier alpha value is -1.38. The molecule has 1 fully saturated rings. The van der Waals surface area contributed by atoms with E-state index >= 15 is 0 Å². The number of thiophene rings is 1. The second-order valence-electron chi connectivity index (χ2n) is 6.84. The highest BCUT2D eigenvalue weighted by Crippen LogP contribution is 2.33. The number of carbonyl (C=O) groups excluding carboxylic acids is 1. The number of piperazine rings is 1. The van der Waals surface area contributed by atoms with E-state index in [2.05, 4.69) is 15.3 Å². The maximum absolute atomic E-state index is 12.5. The van der Waals surface area contributed by atoms with Crippen LogP contribution in [-0.4, -0.2) is 52.7 Å². The fourth-order valence-electron chi connectivity index (χ4n) is 3.68. The van der Waals surface area contributed by atoms with E-state index < -0.39 is 0 Å². The van der Waals surface area contributed by atoms with Gasteiger partial charge in [-0.15, -0.1) is 11.3 Å². The number of nitrogens with one attached hydrogen (secondary N) is 2. The van der Waals surface area contributed by atoms with Crippen molar-refractivity contribution < 1.29 is 4.79 Å². The van der Waals surface area contributed by atoms with E-state index in [-0.39, 0.29) is 11.5 Å². The van der Waals surface area contributed by atoms with Gasteiger partial charge < -0.3 is 15.2 Å². The van der Waals surface area contributed by atoms with Crippen LogP contribution in [0.4, 0.5) is 0 Å². The van der Waals surface area contributed by atoms with Crippen LogP contribution >= 0.6 is 23.1 Å². The molecular weight excluding hydrogens is 368 g/mol. The zero-order chi connectivity index (χ0) is 17.9. The summed E-state index contributed by atoms with van der Waals surface area (Å²) in [4.78, 5) is 36.5. The Labute approximate surface area is 160 Å². The van der Waals surface area contributed by atoms with Crippen LogP contribution in [-0.2, 0) is 23.4 Å². The third-order valence-corrected chi connectivity index (χ3v) is 7.20. The van der Waals surface area contributed by atoms with Crippen molar-refractivity contribution >= 4 is 39.2 Å². The molecule has 2 aliphatic rings. The Balaban J connectivity index is 1.35. The van der Waals surface area contributed by atoms with E-state index in [0.29, 0.717) is 12.2 Å². The normalized spacial score (nSPS) is 17.5. The van der Waals surface area contributed by atoms with Gasteiger partial charge in [0.25, 0.3) is 5.56 Å². The maximum atomic E-state index is 12.5. The van der Waals surface area contributed by atoms with Gasteiger partial charge in [0.1, 0.15) is 10.7 Å². The number of fused-ring (bicyclic) bond motifs is 3. The molecule has 0 radical (unpaired) electrons. The molecule has 2 N–H and O–H groups in total. The standard InChI is InChI=1S/C18H24N4O2S2/c23-15(22-8-6-19-7-9-22)5-10-25-11-14-20-17(24)16-12-3-1-2-4-13(12)26-18(16)21-14/h19H,1-11H2,(H,20,21,24). The summed E-state index contributed by atoms with van der Waals surface area (Å²) in [6, 6.07) is 0. The lowest BCUT2D eigenvalue weighted by atomic mass is 9.97. The summed E-state index contributed by atoms with van der Waals surface area (Å²) in [6.45, 7) is 3.37. The summed E-state index contributed by atoms with van der Waals surface area (Å²) in [5.74, 6) is 2.34. The molecule has 1 saturated heterocycles. The van der Waals surface area contributed by atoms with Gasteiger partial charge in [-0.3, -0.25) is 9.59 Å². The van der Waals surface area contributed by atoms with Gasteiger partial charge >= 0.3 is 0 Å². The topological polar surface area (TPSA) is 78.1 Å². The summed E-state index contributed by atoms with van der Waals surface area (Å²) in [5.41, 5.74) is 1.23. The predicted molar refractivity (Wildman–Crippen MR) is 107 cm³/mol. The largest absolute Gasteiger partial charge is 0.340 e. The minimum Gasteiger partial charge on any atom is -0.340 e. The molecule has 0 atom stereocenters. The number of rotatable bonds is 5. The van der Waals surface area contributed by atoms with Gasteiger partial charge in [0.15, 0.2) is 0 Å². The van der Waals surface area contributed by atoms with Gasteiger partial charge in [-0.1, -0.05) is 0 Å². The quantitative estimate of drug-likeness (QED) is 0.760. The summed E-state index contributed by atoms with van der Waals surface area (Å²) in [7, 11) is 0. The van der Waals surface area contributed by atoms with Gasteiger partial charge in [-0.25, -0.2) is 4.98 Å². The van der Waals surface area contributed by atoms with E-state index in [4.69, 9.17) is 0 Å². The fraction of sp³-hybridized carbons (Fsp3) is 0.611. The summed E-state index contributed by atoms with van der Waals surface area (Å²) in [5, 5.41) is 4.07. The lowest BCUT2D eigenvalue weighted by Crippen LogP contribution is -2.46. The fourth-order valence-corrected chi connectivity index (χ4v) is 5.75. The Morgan fingerprint density at radius 2 is 2.04 bits per heavy atom. The summed E-state index contributed by atoms with van der Waals surface area (Å²) in [6.07, 6.45) is 5.00. The highest BCUT2D eigenvalue weighted by molar-refractivity contribution is 7.98. The Morgan fingerprint density at radius 1 is 1.23 bits per heavy atom. The van der Waals surface area contributed by atoms with Crippen LogP contribution in [0.25, 0.3) is 10.2 Å². The molecule has 2 aromatic heterocycles. The number of H-pyrrole nitrogens is 1. The smallest absolute Gasteiger partial charge is 0.259 e. The van der Waals surface area contributed by atoms with Crippen LogP contribution in [0.1, 0.15) is 35.5 Å². The molecule has 0 saturated carbocycles. The van der Waals surface area contributed by atoms with Crippen LogP contribution < -0.4 is 10.9 Å². The molecular formula is C18H24N4O2S2. The summed E-state index contributed by atoms with van der Waals surface area (Å²) < 4.78 is 0. The lowest BCUT2D eigenvalue weighted by Gasteiger charge is -2.27. The molecule has 1 aliphatic carbocycles. The monoisotopic (exact) mass is 392 g/mol. The number of carbonyl (C=O) groups is 1. The van der Waals surface area contributed by atoms with Crippen LogP contribution in [0.5, 0.6) is 0 Å².